The normalized spacial score (nSPS) is 11.7. The zero-order chi connectivity index (χ0) is 14.8. The molecule has 0 saturated heterocycles. The predicted molar refractivity (Wildman–Crippen MR) is 80.2 cm³/mol. The van der Waals surface area contributed by atoms with Crippen molar-refractivity contribution in [3.63, 3.8) is 0 Å². The van der Waals surface area contributed by atoms with Gasteiger partial charge in [0.25, 0.3) is 0 Å². The molecule has 0 saturated carbocycles. The maximum absolute atomic E-state index is 12.1. The number of benzene rings is 1. The summed E-state index contributed by atoms with van der Waals surface area (Å²) in [5.41, 5.74) is 6.53. The number of nitrogens with one attached hydrogen (secondary N) is 1. The van der Waals surface area contributed by atoms with Gasteiger partial charge in [0.1, 0.15) is 9.96 Å². The number of hydrogen-bond acceptors (Lipinski definition) is 5. The van der Waals surface area contributed by atoms with E-state index >= 15 is 0 Å². The Kier molecular flexibility index (Phi) is 4.32. The molecule has 1 heterocycles. The summed E-state index contributed by atoms with van der Waals surface area (Å²) in [5, 5.41) is 9.66. The summed E-state index contributed by atoms with van der Waals surface area (Å²) in [4.78, 5) is 1.01. The maximum Gasteiger partial charge on any atom is 0.250 e. The van der Waals surface area contributed by atoms with Crippen molar-refractivity contribution < 1.29 is 13.5 Å². The smallest absolute Gasteiger partial charge is 0.250 e. The SMILES string of the molecule is CCc1ccc(S(=O)(=O)NCc2cc(N)ccc2O)s1. The second kappa shape index (κ2) is 5.82. The van der Waals surface area contributed by atoms with Crippen LogP contribution in [0.5, 0.6) is 5.75 Å². The lowest BCUT2D eigenvalue weighted by Gasteiger charge is -2.07. The fourth-order valence-corrected chi connectivity index (χ4v) is 4.03. The van der Waals surface area contributed by atoms with Crippen LogP contribution in [-0.4, -0.2) is 13.5 Å². The predicted octanol–water partition coefficient (Wildman–Crippen LogP) is 2.08. The van der Waals surface area contributed by atoms with Gasteiger partial charge in [0.15, 0.2) is 0 Å². The molecule has 20 heavy (non-hydrogen) atoms. The molecular formula is C13H16N2O3S2. The zero-order valence-electron chi connectivity index (χ0n) is 11.0. The minimum Gasteiger partial charge on any atom is -0.508 e. The van der Waals surface area contributed by atoms with Crippen LogP contribution < -0.4 is 10.5 Å². The maximum atomic E-state index is 12.1. The fourth-order valence-electron chi connectivity index (χ4n) is 1.68. The number of sulfonamides is 1. The quantitative estimate of drug-likeness (QED) is 0.582. The van der Waals surface area contributed by atoms with Gasteiger partial charge in [-0.3, -0.25) is 0 Å². The Hall–Kier alpha value is -1.57. The molecule has 0 radical (unpaired) electrons. The third-order valence-electron chi connectivity index (χ3n) is 2.81. The fraction of sp³-hybridized carbons (Fsp3) is 0.231. The summed E-state index contributed by atoms with van der Waals surface area (Å²) in [6.45, 7) is 1.97. The van der Waals surface area contributed by atoms with E-state index in [1.807, 2.05) is 6.92 Å². The summed E-state index contributed by atoms with van der Waals surface area (Å²) >= 11 is 1.24. The average molecular weight is 312 g/mol. The molecule has 1 aromatic carbocycles. The third kappa shape index (κ3) is 3.30. The third-order valence-corrected chi connectivity index (χ3v) is 5.93. The van der Waals surface area contributed by atoms with Crippen molar-refractivity contribution in [3.05, 3.63) is 40.8 Å². The first kappa shape index (κ1) is 14.8. The van der Waals surface area contributed by atoms with E-state index in [9.17, 15) is 13.5 Å². The molecule has 108 valence electrons. The Labute approximate surface area is 122 Å². The van der Waals surface area contributed by atoms with E-state index in [0.29, 0.717) is 11.3 Å². The highest BCUT2D eigenvalue weighted by molar-refractivity contribution is 7.91. The van der Waals surface area contributed by atoms with Gasteiger partial charge in [-0.05, 0) is 36.8 Å². The molecule has 7 heteroatoms. The minimum atomic E-state index is -3.56. The molecule has 0 spiro atoms. The molecule has 2 aromatic rings. The van der Waals surface area contributed by atoms with Crippen LogP contribution in [0.2, 0.25) is 0 Å². The van der Waals surface area contributed by atoms with Crippen LogP contribution in [-0.2, 0) is 23.0 Å². The first-order valence-corrected chi connectivity index (χ1v) is 8.38. The summed E-state index contributed by atoms with van der Waals surface area (Å²) in [7, 11) is -3.56. The number of rotatable bonds is 5. The number of anilines is 1. The van der Waals surface area contributed by atoms with E-state index in [-0.39, 0.29) is 16.5 Å². The van der Waals surface area contributed by atoms with Crippen LogP contribution in [0.4, 0.5) is 5.69 Å². The largest absolute Gasteiger partial charge is 0.508 e. The molecule has 0 aliphatic carbocycles. The molecule has 4 N–H and O–H groups in total. The van der Waals surface area contributed by atoms with Gasteiger partial charge in [-0.1, -0.05) is 6.92 Å². The van der Waals surface area contributed by atoms with E-state index in [1.54, 1.807) is 24.3 Å². The Morgan fingerprint density at radius 3 is 2.70 bits per heavy atom. The lowest BCUT2D eigenvalue weighted by molar-refractivity contribution is 0.467. The molecule has 0 amide bonds. The standard InChI is InChI=1S/C13H16N2O3S2/c1-2-11-4-6-13(19-11)20(17,18)15-8-9-7-10(14)3-5-12(9)16/h3-7,15-16H,2,8,14H2,1H3. The highest BCUT2D eigenvalue weighted by atomic mass is 32.2. The van der Waals surface area contributed by atoms with Crippen molar-refractivity contribution in [3.8, 4) is 5.75 Å². The van der Waals surface area contributed by atoms with Crippen LogP contribution in [0.3, 0.4) is 0 Å². The highest BCUT2D eigenvalue weighted by Crippen LogP contribution is 2.23. The Balaban J connectivity index is 2.15. The molecule has 0 bridgehead atoms. The summed E-state index contributed by atoms with van der Waals surface area (Å²) < 4.78 is 27.0. The zero-order valence-corrected chi connectivity index (χ0v) is 12.6. The van der Waals surface area contributed by atoms with Crippen LogP contribution in [0, 0.1) is 0 Å². The number of nitrogens with two attached hydrogens (primary N) is 1. The van der Waals surface area contributed by atoms with E-state index in [4.69, 9.17) is 5.73 Å². The molecule has 1 aromatic heterocycles. The first-order chi connectivity index (χ1) is 9.42. The molecule has 0 aliphatic rings. The lowest BCUT2D eigenvalue weighted by atomic mass is 10.2. The van der Waals surface area contributed by atoms with Crippen LogP contribution >= 0.6 is 11.3 Å². The van der Waals surface area contributed by atoms with Gasteiger partial charge in [0.05, 0.1) is 0 Å². The van der Waals surface area contributed by atoms with E-state index in [1.165, 1.54) is 17.4 Å². The highest BCUT2D eigenvalue weighted by Gasteiger charge is 2.17. The van der Waals surface area contributed by atoms with Gasteiger partial charge < -0.3 is 10.8 Å². The van der Waals surface area contributed by atoms with Crippen molar-refractivity contribution in [1.29, 1.82) is 0 Å². The molecule has 2 rings (SSSR count). The monoisotopic (exact) mass is 312 g/mol. The van der Waals surface area contributed by atoms with Crippen molar-refractivity contribution >= 4 is 27.0 Å². The topological polar surface area (TPSA) is 92.4 Å². The number of aromatic hydroxyl groups is 1. The van der Waals surface area contributed by atoms with Crippen LogP contribution in [0.15, 0.2) is 34.5 Å². The molecule has 0 unspecified atom stereocenters. The first-order valence-electron chi connectivity index (χ1n) is 6.08. The summed E-state index contributed by atoms with van der Waals surface area (Å²) in [5.74, 6) is 0.0160. The van der Waals surface area contributed by atoms with Crippen molar-refractivity contribution in [2.45, 2.75) is 24.1 Å². The average Bonchev–Trinajstić information content (AvgIpc) is 2.89. The molecule has 0 atom stereocenters. The molecule has 5 nitrogen and oxygen atoms in total. The van der Waals surface area contributed by atoms with Gasteiger partial charge in [0, 0.05) is 22.7 Å². The van der Waals surface area contributed by atoms with E-state index in [2.05, 4.69) is 4.72 Å². The number of hydrogen-bond donors (Lipinski definition) is 3. The van der Waals surface area contributed by atoms with Gasteiger partial charge in [0.2, 0.25) is 10.0 Å². The second-order valence-electron chi connectivity index (χ2n) is 4.29. The van der Waals surface area contributed by atoms with Crippen molar-refractivity contribution in [2.24, 2.45) is 0 Å². The Morgan fingerprint density at radius 2 is 2.05 bits per heavy atom. The number of nitrogen functional groups attached to an aromatic ring is 1. The van der Waals surface area contributed by atoms with E-state index in [0.717, 1.165) is 11.3 Å². The summed E-state index contributed by atoms with van der Waals surface area (Å²) in [6, 6.07) is 7.94. The lowest BCUT2D eigenvalue weighted by Crippen LogP contribution is -2.22. The molecular weight excluding hydrogens is 296 g/mol. The van der Waals surface area contributed by atoms with E-state index < -0.39 is 10.0 Å². The van der Waals surface area contributed by atoms with Crippen LogP contribution in [0.1, 0.15) is 17.4 Å². The van der Waals surface area contributed by atoms with Gasteiger partial charge >= 0.3 is 0 Å². The van der Waals surface area contributed by atoms with Crippen LogP contribution in [0.25, 0.3) is 0 Å². The van der Waals surface area contributed by atoms with Gasteiger partial charge in [-0.25, -0.2) is 13.1 Å². The summed E-state index contributed by atoms with van der Waals surface area (Å²) in [6.07, 6.45) is 0.802. The second-order valence-corrected chi connectivity index (χ2v) is 7.45. The van der Waals surface area contributed by atoms with Crippen molar-refractivity contribution in [1.82, 2.24) is 4.72 Å². The molecule has 0 fully saturated rings. The van der Waals surface area contributed by atoms with Crippen molar-refractivity contribution in [2.75, 3.05) is 5.73 Å². The Bertz CT molecular complexity index is 708. The number of phenolic OH excluding ortho intramolecular Hbond substituents is 1. The molecule has 0 aliphatic heterocycles. The number of thiophene rings is 1. The van der Waals surface area contributed by atoms with Gasteiger partial charge in [-0.15, -0.1) is 11.3 Å². The van der Waals surface area contributed by atoms with Gasteiger partial charge in [-0.2, -0.15) is 0 Å². The number of aryl methyl sites for hydroxylation is 1. The Morgan fingerprint density at radius 1 is 1.30 bits per heavy atom. The minimum absolute atomic E-state index is 0.00142. The number of phenols is 1.